The minimum Gasteiger partial charge on any atom is -0.396 e. The molecule has 0 bridgehead atoms. The molecule has 0 saturated heterocycles. The van der Waals surface area contributed by atoms with Crippen molar-refractivity contribution < 1.29 is 4.39 Å². The zero-order chi connectivity index (χ0) is 14.0. The Balaban J connectivity index is 2.36. The molecule has 2 rings (SSSR count). The summed E-state index contributed by atoms with van der Waals surface area (Å²) in [7, 11) is 0. The van der Waals surface area contributed by atoms with Gasteiger partial charge in [0.25, 0.3) is 0 Å². The number of anilines is 1. The molecule has 0 aliphatic carbocycles. The lowest BCUT2D eigenvalue weighted by atomic mass is 9.90. The highest BCUT2D eigenvalue weighted by Crippen LogP contribution is 2.26. The van der Waals surface area contributed by atoms with E-state index in [1.807, 2.05) is 0 Å². The van der Waals surface area contributed by atoms with Crippen molar-refractivity contribution in [2.45, 2.75) is 33.7 Å². The monoisotopic (exact) mass is 263 g/mol. The zero-order valence-electron chi connectivity index (χ0n) is 11.4. The van der Waals surface area contributed by atoms with Crippen LogP contribution < -0.4 is 5.73 Å². The van der Waals surface area contributed by atoms with Crippen molar-refractivity contribution in [3.8, 4) is 11.4 Å². The van der Waals surface area contributed by atoms with Gasteiger partial charge in [-0.15, -0.1) is 5.10 Å². The van der Waals surface area contributed by atoms with Crippen LogP contribution in [-0.2, 0) is 6.54 Å². The number of nitrogen functional groups attached to an aromatic ring is 1. The van der Waals surface area contributed by atoms with Crippen molar-refractivity contribution in [1.82, 2.24) is 20.2 Å². The summed E-state index contributed by atoms with van der Waals surface area (Å²) in [6.07, 6.45) is 1.01. The van der Waals surface area contributed by atoms with Gasteiger partial charge in [0.1, 0.15) is 5.82 Å². The number of hydrogen-bond donors (Lipinski definition) is 1. The highest BCUT2D eigenvalue weighted by Gasteiger charge is 2.20. The molecule has 19 heavy (non-hydrogen) atoms. The third-order valence-corrected chi connectivity index (χ3v) is 3.32. The Hall–Kier alpha value is -1.98. The molecule has 0 aliphatic heterocycles. The van der Waals surface area contributed by atoms with Crippen molar-refractivity contribution in [2.75, 3.05) is 5.73 Å². The topological polar surface area (TPSA) is 69.6 Å². The molecule has 0 fully saturated rings. The van der Waals surface area contributed by atoms with E-state index in [-0.39, 0.29) is 11.1 Å². The third-order valence-electron chi connectivity index (χ3n) is 3.32. The summed E-state index contributed by atoms with van der Waals surface area (Å²) in [6.45, 7) is 7.12. The Labute approximate surface area is 111 Å². The van der Waals surface area contributed by atoms with Crippen LogP contribution in [0, 0.1) is 11.2 Å². The standard InChI is InChI=1S/C13H18FN5/c1-4-13(2,3)8-19-12(16-17-18-19)9-5-6-10(14)11(15)7-9/h5-7H,4,8,15H2,1-3H3. The summed E-state index contributed by atoms with van der Waals surface area (Å²) in [4.78, 5) is 0. The van der Waals surface area contributed by atoms with E-state index in [2.05, 4.69) is 36.3 Å². The number of nitrogens with zero attached hydrogens (tertiary/aromatic N) is 4. The Morgan fingerprint density at radius 3 is 2.74 bits per heavy atom. The van der Waals surface area contributed by atoms with Crippen LogP contribution in [0.1, 0.15) is 27.2 Å². The van der Waals surface area contributed by atoms with E-state index in [4.69, 9.17) is 5.73 Å². The second-order valence-corrected chi connectivity index (χ2v) is 5.41. The van der Waals surface area contributed by atoms with Gasteiger partial charge in [-0.3, -0.25) is 0 Å². The van der Waals surface area contributed by atoms with Crippen LogP contribution in [0.4, 0.5) is 10.1 Å². The van der Waals surface area contributed by atoms with Crippen molar-refractivity contribution in [2.24, 2.45) is 5.41 Å². The van der Waals surface area contributed by atoms with Gasteiger partial charge in [0.2, 0.25) is 0 Å². The van der Waals surface area contributed by atoms with E-state index in [0.717, 1.165) is 12.0 Å². The Kier molecular flexibility index (Phi) is 3.50. The number of tetrazole rings is 1. The molecule has 0 aliphatic rings. The number of rotatable bonds is 4. The molecule has 5 nitrogen and oxygen atoms in total. The summed E-state index contributed by atoms with van der Waals surface area (Å²) in [5.41, 5.74) is 6.49. The van der Waals surface area contributed by atoms with Gasteiger partial charge < -0.3 is 5.73 Å². The summed E-state index contributed by atoms with van der Waals surface area (Å²) < 4.78 is 14.9. The van der Waals surface area contributed by atoms with Gasteiger partial charge in [0.15, 0.2) is 5.82 Å². The van der Waals surface area contributed by atoms with E-state index >= 15 is 0 Å². The van der Waals surface area contributed by atoms with Crippen LogP contribution in [-0.4, -0.2) is 20.2 Å². The van der Waals surface area contributed by atoms with Crippen LogP contribution in [0.15, 0.2) is 18.2 Å². The Morgan fingerprint density at radius 1 is 1.37 bits per heavy atom. The van der Waals surface area contributed by atoms with Crippen LogP contribution >= 0.6 is 0 Å². The highest BCUT2D eigenvalue weighted by atomic mass is 19.1. The maximum Gasteiger partial charge on any atom is 0.182 e. The fourth-order valence-electron chi connectivity index (χ4n) is 1.72. The van der Waals surface area contributed by atoms with Crippen LogP contribution in [0.3, 0.4) is 0 Å². The van der Waals surface area contributed by atoms with Gasteiger partial charge in [0, 0.05) is 5.56 Å². The average molecular weight is 263 g/mol. The molecule has 0 atom stereocenters. The Morgan fingerprint density at radius 2 is 2.11 bits per heavy atom. The van der Waals surface area contributed by atoms with Crippen molar-refractivity contribution >= 4 is 5.69 Å². The molecule has 1 aromatic heterocycles. The first kappa shape index (κ1) is 13.5. The fraction of sp³-hybridized carbons (Fsp3) is 0.462. The van der Waals surface area contributed by atoms with Crippen LogP contribution in [0.25, 0.3) is 11.4 Å². The number of aromatic nitrogens is 4. The summed E-state index contributed by atoms with van der Waals surface area (Å²) in [5.74, 6) is 0.171. The maximum absolute atomic E-state index is 13.2. The molecule has 2 aromatic rings. The lowest BCUT2D eigenvalue weighted by Gasteiger charge is -2.22. The zero-order valence-corrected chi connectivity index (χ0v) is 11.4. The summed E-state index contributed by atoms with van der Waals surface area (Å²) >= 11 is 0. The van der Waals surface area contributed by atoms with E-state index in [1.165, 1.54) is 6.07 Å². The molecular formula is C13H18FN5. The summed E-state index contributed by atoms with van der Waals surface area (Å²) in [5, 5.41) is 11.7. The number of nitrogens with two attached hydrogens (primary N) is 1. The normalized spacial score (nSPS) is 11.8. The largest absolute Gasteiger partial charge is 0.396 e. The second-order valence-electron chi connectivity index (χ2n) is 5.41. The van der Waals surface area contributed by atoms with Crippen molar-refractivity contribution in [3.63, 3.8) is 0 Å². The molecule has 0 unspecified atom stereocenters. The van der Waals surface area contributed by atoms with Crippen LogP contribution in [0.2, 0.25) is 0 Å². The second kappa shape index (κ2) is 4.95. The van der Waals surface area contributed by atoms with Gasteiger partial charge >= 0.3 is 0 Å². The lowest BCUT2D eigenvalue weighted by Crippen LogP contribution is -2.20. The number of halogens is 1. The maximum atomic E-state index is 13.2. The smallest absolute Gasteiger partial charge is 0.182 e. The molecule has 0 saturated carbocycles. The first-order valence-electron chi connectivity index (χ1n) is 6.24. The van der Waals surface area contributed by atoms with Crippen LogP contribution in [0.5, 0.6) is 0 Å². The molecule has 0 amide bonds. The van der Waals surface area contributed by atoms with Gasteiger partial charge in [-0.2, -0.15) is 0 Å². The van der Waals surface area contributed by atoms with E-state index in [0.29, 0.717) is 12.4 Å². The molecule has 0 radical (unpaired) electrons. The quantitative estimate of drug-likeness (QED) is 0.860. The highest BCUT2D eigenvalue weighted by molar-refractivity contribution is 5.61. The number of hydrogen-bond acceptors (Lipinski definition) is 4. The molecular weight excluding hydrogens is 245 g/mol. The van der Waals surface area contributed by atoms with Gasteiger partial charge in [0.05, 0.1) is 12.2 Å². The van der Waals surface area contributed by atoms with Crippen molar-refractivity contribution in [3.05, 3.63) is 24.0 Å². The predicted molar refractivity (Wildman–Crippen MR) is 71.7 cm³/mol. The van der Waals surface area contributed by atoms with E-state index in [9.17, 15) is 4.39 Å². The molecule has 6 heteroatoms. The van der Waals surface area contributed by atoms with E-state index in [1.54, 1.807) is 16.8 Å². The lowest BCUT2D eigenvalue weighted by molar-refractivity contribution is 0.279. The molecule has 1 heterocycles. The molecule has 1 aromatic carbocycles. The first-order chi connectivity index (χ1) is 8.93. The number of benzene rings is 1. The molecule has 0 spiro atoms. The minimum absolute atomic E-state index is 0.0930. The first-order valence-corrected chi connectivity index (χ1v) is 6.24. The van der Waals surface area contributed by atoms with E-state index < -0.39 is 5.82 Å². The predicted octanol–water partition coefficient (Wildman–Crippen LogP) is 2.50. The SMILES string of the molecule is CCC(C)(C)Cn1nnnc1-c1ccc(F)c(N)c1. The van der Waals surface area contributed by atoms with Gasteiger partial charge in [-0.1, -0.05) is 20.8 Å². The molecule has 102 valence electrons. The van der Waals surface area contributed by atoms with Crippen molar-refractivity contribution in [1.29, 1.82) is 0 Å². The average Bonchev–Trinajstić information content (AvgIpc) is 2.80. The fourth-order valence-corrected chi connectivity index (χ4v) is 1.72. The van der Waals surface area contributed by atoms with Gasteiger partial charge in [-0.25, -0.2) is 9.07 Å². The van der Waals surface area contributed by atoms with Gasteiger partial charge in [-0.05, 0) is 40.5 Å². The minimum atomic E-state index is -0.434. The molecule has 2 N–H and O–H groups in total. The third kappa shape index (κ3) is 2.89. The Bertz CT molecular complexity index is 576. The summed E-state index contributed by atoms with van der Waals surface area (Å²) in [6, 6.07) is 4.51.